The summed E-state index contributed by atoms with van der Waals surface area (Å²) >= 11 is 0. The third-order valence-electron chi connectivity index (χ3n) is 12.7. The Balaban J connectivity index is 1.16. The Kier molecular flexibility index (Phi) is 12.2. The highest BCUT2D eigenvalue weighted by Gasteiger charge is 2.43. The molecule has 8 rings (SSSR count). The largest absolute Gasteiger partial charge is 0.384 e. The fourth-order valence-corrected chi connectivity index (χ4v) is 9.06. The third kappa shape index (κ3) is 8.17. The predicted octanol–water partition coefficient (Wildman–Crippen LogP) is 1.85. The number of likely N-dealkylation sites (N-methyl/N-ethyl adjacent to an activating group) is 2. The van der Waals surface area contributed by atoms with Gasteiger partial charge in [0.25, 0.3) is 23.6 Å². The van der Waals surface area contributed by atoms with Gasteiger partial charge < -0.3 is 39.7 Å². The molecule has 56 heavy (non-hydrogen) atoms. The van der Waals surface area contributed by atoms with Gasteiger partial charge in [-0.25, -0.2) is 0 Å². The molecule has 15 nitrogen and oxygen atoms in total. The van der Waals surface area contributed by atoms with E-state index in [1.807, 2.05) is 0 Å². The minimum absolute atomic E-state index is 0.279. The molecule has 0 atom stereocenters. The van der Waals surface area contributed by atoms with E-state index in [-0.39, 0.29) is 36.7 Å². The number of amides is 4. The molecule has 6 heterocycles. The number of rotatable bonds is 14. The average Bonchev–Trinajstić information content (AvgIpc) is 3.22. The molecule has 0 radical (unpaired) electrons. The van der Waals surface area contributed by atoms with E-state index in [4.69, 9.17) is 9.47 Å². The Labute approximate surface area is 330 Å². The molecule has 6 aliphatic heterocycles. The lowest BCUT2D eigenvalue weighted by atomic mass is 9.83. The van der Waals surface area contributed by atoms with Crippen LogP contribution >= 0.6 is 0 Å². The fourth-order valence-electron chi connectivity index (χ4n) is 9.06. The monoisotopic (exact) mass is 773 g/mol. The maximum absolute atomic E-state index is 14.7. The van der Waals surface area contributed by atoms with Gasteiger partial charge in [-0.1, -0.05) is 0 Å². The second-order valence-corrected chi connectivity index (χ2v) is 16.5. The van der Waals surface area contributed by atoms with Crippen LogP contribution in [-0.2, 0) is 9.47 Å². The molecular formula is C41H59N9O6. The zero-order valence-corrected chi connectivity index (χ0v) is 33.3. The molecule has 0 aromatic heterocycles. The number of nitrogens with zero attached hydrogens (tertiary/aromatic N) is 7. The predicted molar refractivity (Wildman–Crippen MR) is 215 cm³/mol. The molecule has 2 aromatic rings. The van der Waals surface area contributed by atoms with Crippen molar-refractivity contribution in [3.8, 4) is 0 Å². The number of hydrogen-bond acceptors (Lipinski definition) is 13. The summed E-state index contributed by atoms with van der Waals surface area (Å²) in [6, 6.07) is 3.56. The van der Waals surface area contributed by atoms with Gasteiger partial charge in [-0.05, 0) is 70.9 Å². The molecule has 6 aliphatic rings. The lowest BCUT2D eigenvalue weighted by Gasteiger charge is -2.36. The summed E-state index contributed by atoms with van der Waals surface area (Å²) < 4.78 is 11.2. The molecule has 15 heteroatoms. The van der Waals surface area contributed by atoms with Gasteiger partial charge >= 0.3 is 0 Å². The third-order valence-corrected chi connectivity index (χ3v) is 12.7. The standard InChI is InChI=1S/C41H59N9O6/c1-44-11-15-46(16-12-44)7-3-9-49-39(52)31-26-33(43-28-48-19-23-56-24-20-48)37-35-30(38(51)50(41(37)54)10-4-8-47-17-13-45(2)14-18-47)25-32(36(34(31)35)40(49)53)42-27-29-5-21-55-22-6-29/h25-26,29,42-43H,3-24,27-28H2,1-2H3. The summed E-state index contributed by atoms with van der Waals surface area (Å²) in [7, 11) is 4.25. The summed E-state index contributed by atoms with van der Waals surface area (Å²) in [4.78, 5) is 73.0. The smallest absolute Gasteiger partial charge is 0.263 e. The van der Waals surface area contributed by atoms with Crippen molar-refractivity contribution in [2.75, 3.05) is 156 Å². The van der Waals surface area contributed by atoms with Crippen LogP contribution < -0.4 is 10.6 Å². The van der Waals surface area contributed by atoms with Crippen molar-refractivity contribution < 1.29 is 28.7 Å². The van der Waals surface area contributed by atoms with Crippen LogP contribution in [0.2, 0.25) is 0 Å². The van der Waals surface area contributed by atoms with Crippen LogP contribution in [0.4, 0.5) is 11.4 Å². The van der Waals surface area contributed by atoms with Crippen LogP contribution in [-0.4, -0.2) is 203 Å². The highest BCUT2D eigenvalue weighted by molar-refractivity contribution is 6.36. The van der Waals surface area contributed by atoms with Crippen molar-refractivity contribution in [1.82, 2.24) is 34.3 Å². The number of carbonyl (C=O) groups is 4. The lowest BCUT2D eigenvalue weighted by Crippen LogP contribution is -2.47. The zero-order valence-electron chi connectivity index (χ0n) is 33.3. The van der Waals surface area contributed by atoms with Gasteiger partial charge in [-0.2, -0.15) is 0 Å². The van der Waals surface area contributed by atoms with Gasteiger partial charge in [0.2, 0.25) is 0 Å². The van der Waals surface area contributed by atoms with Gasteiger partial charge in [0.05, 0.1) is 42.1 Å². The normalized spacial score (nSPS) is 22.5. The first-order valence-corrected chi connectivity index (χ1v) is 20.8. The SMILES string of the molecule is CN1CCN(CCCN2C(=O)c3cc(NCN4CCOCC4)c4c5c(cc(NCC6CCOCC6)c(c35)C2=O)C(=O)N(CCCN2CCN(C)CC2)C4=O)CC1. The summed E-state index contributed by atoms with van der Waals surface area (Å²) in [5, 5.41) is 7.90. The van der Waals surface area contributed by atoms with Crippen LogP contribution in [0.3, 0.4) is 0 Å². The highest BCUT2D eigenvalue weighted by Crippen LogP contribution is 2.44. The Bertz CT molecular complexity index is 1670. The number of hydrogen-bond donors (Lipinski definition) is 2. The molecule has 2 aromatic carbocycles. The first-order chi connectivity index (χ1) is 27.3. The second-order valence-electron chi connectivity index (χ2n) is 16.5. The number of imide groups is 2. The molecule has 0 saturated carbocycles. The Morgan fingerprint density at radius 3 is 1.52 bits per heavy atom. The molecule has 4 amide bonds. The van der Waals surface area contributed by atoms with E-state index in [1.165, 1.54) is 9.80 Å². The summed E-state index contributed by atoms with van der Waals surface area (Å²) in [6.45, 7) is 15.1. The minimum atomic E-state index is -0.389. The highest BCUT2D eigenvalue weighted by atomic mass is 16.5. The molecule has 4 saturated heterocycles. The van der Waals surface area contributed by atoms with E-state index >= 15 is 0 Å². The molecule has 2 N–H and O–H groups in total. The number of piperazine rings is 2. The van der Waals surface area contributed by atoms with Crippen molar-refractivity contribution in [3.05, 3.63) is 34.4 Å². The molecule has 0 spiro atoms. The minimum Gasteiger partial charge on any atom is -0.384 e. The maximum atomic E-state index is 14.7. The second kappa shape index (κ2) is 17.4. The molecule has 0 unspecified atom stereocenters. The Hall–Kier alpha value is -3.70. The van der Waals surface area contributed by atoms with Crippen LogP contribution in [0.15, 0.2) is 12.1 Å². The van der Waals surface area contributed by atoms with E-state index in [0.29, 0.717) is 103 Å². The number of benzene rings is 2. The fraction of sp³-hybridized carbons (Fsp3) is 0.659. The van der Waals surface area contributed by atoms with Crippen LogP contribution in [0.25, 0.3) is 10.8 Å². The van der Waals surface area contributed by atoms with Crippen LogP contribution in [0.1, 0.15) is 67.1 Å². The molecule has 4 fully saturated rings. The first-order valence-electron chi connectivity index (χ1n) is 20.8. The van der Waals surface area contributed by atoms with Crippen molar-refractivity contribution >= 4 is 45.8 Å². The van der Waals surface area contributed by atoms with Crippen molar-refractivity contribution in [3.63, 3.8) is 0 Å². The number of morpholine rings is 1. The van der Waals surface area contributed by atoms with Crippen molar-refractivity contribution in [2.45, 2.75) is 25.7 Å². The van der Waals surface area contributed by atoms with Crippen molar-refractivity contribution in [1.29, 1.82) is 0 Å². The van der Waals surface area contributed by atoms with E-state index in [0.717, 1.165) is 91.4 Å². The number of carbonyl (C=O) groups excluding carboxylic acids is 4. The topological polar surface area (TPSA) is 133 Å². The zero-order chi connectivity index (χ0) is 38.8. The van der Waals surface area contributed by atoms with E-state index < -0.39 is 0 Å². The van der Waals surface area contributed by atoms with Gasteiger partial charge in [0, 0.05) is 120 Å². The number of ether oxygens (including phenoxy) is 2. The summed E-state index contributed by atoms with van der Waals surface area (Å²) in [6.07, 6.45) is 3.11. The van der Waals surface area contributed by atoms with Gasteiger partial charge in [0.1, 0.15) is 0 Å². The van der Waals surface area contributed by atoms with Gasteiger partial charge in [0.15, 0.2) is 0 Å². The average molecular weight is 774 g/mol. The molecular weight excluding hydrogens is 715 g/mol. The van der Waals surface area contributed by atoms with Gasteiger partial charge in [-0.15, -0.1) is 0 Å². The maximum Gasteiger partial charge on any atom is 0.263 e. The Morgan fingerprint density at radius 1 is 0.554 bits per heavy atom. The Morgan fingerprint density at radius 2 is 1.02 bits per heavy atom. The summed E-state index contributed by atoms with van der Waals surface area (Å²) in [5.74, 6) is -1.19. The quantitative estimate of drug-likeness (QED) is 0.271. The van der Waals surface area contributed by atoms with Crippen LogP contribution in [0.5, 0.6) is 0 Å². The lowest BCUT2D eigenvalue weighted by molar-refractivity contribution is 0.0414. The van der Waals surface area contributed by atoms with Gasteiger partial charge in [-0.3, -0.25) is 33.9 Å². The summed E-state index contributed by atoms with van der Waals surface area (Å²) in [5.41, 5.74) is 2.48. The number of nitrogens with one attached hydrogen (secondary N) is 2. The van der Waals surface area contributed by atoms with Crippen LogP contribution in [0, 0.1) is 5.92 Å². The molecule has 304 valence electrons. The van der Waals surface area contributed by atoms with E-state index in [1.54, 1.807) is 12.1 Å². The first kappa shape index (κ1) is 39.1. The number of anilines is 2. The van der Waals surface area contributed by atoms with Crippen molar-refractivity contribution in [2.24, 2.45) is 5.92 Å². The van der Waals surface area contributed by atoms with E-state index in [2.05, 4.69) is 49.2 Å². The molecule has 0 aliphatic carbocycles. The van der Waals surface area contributed by atoms with E-state index in [9.17, 15) is 19.2 Å². The molecule has 0 bridgehead atoms.